The van der Waals surface area contributed by atoms with Crippen LogP contribution < -0.4 is 5.73 Å². The first-order valence-corrected chi connectivity index (χ1v) is 6.32. The van der Waals surface area contributed by atoms with Crippen molar-refractivity contribution in [3.05, 3.63) is 22.4 Å². The zero-order valence-corrected chi connectivity index (χ0v) is 9.88. The van der Waals surface area contributed by atoms with Gasteiger partial charge in [0.15, 0.2) is 5.16 Å². The van der Waals surface area contributed by atoms with Crippen molar-refractivity contribution >= 4 is 23.1 Å². The van der Waals surface area contributed by atoms with Gasteiger partial charge in [-0.1, -0.05) is 11.8 Å². The van der Waals surface area contributed by atoms with E-state index in [-0.39, 0.29) is 0 Å². The Balaban J connectivity index is 2.02. The number of nitrogens with zero attached hydrogens (tertiary/aromatic N) is 4. The zero-order chi connectivity index (χ0) is 10.7. The lowest BCUT2D eigenvalue weighted by Crippen LogP contribution is -2.05. The van der Waals surface area contributed by atoms with Gasteiger partial charge in [-0.15, -0.1) is 21.5 Å². The third-order valence-corrected chi connectivity index (χ3v) is 3.63. The predicted octanol–water partition coefficient (Wildman–Crippen LogP) is 1.02. The third kappa shape index (κ3) is 2.36. The van der Waals surface area contributed by atoms with Gasteiger partial charge in [0.05, 0.1) is 17.7 Å². The van der Waals surface area contributed by atoms with Crippen LogP contribution in [0.5, 0.6) is 0 Å². The van der Waals surface area contributed by atoms with E-state index < -0.39 is 0 Å². The molecular weight excluding hydrogens is 230 g/mol. The molecule has 2 aromatic heterocycles. The maximum Gasteiger partial charge on any atom is 0.191 e. The van der Waals surface area contributed by atoms with Crippen molar-refractivity contribution in [1.29, 1.82) is 0 Å². The SMILES string of the molecule is Cn1c(CN)nnc1SCc1cscn1. The second-order valence-electron chi connectivity index (χ2n) is 2.93. The average Bonchev–Trinajstić information content (AvgIpc) is 2.85. The van der Waals surface area contributed by atoms with Crippen LogP contribution in [0.4, 0.5) is 0 Å². The highest BCUT2D eigenvalue weighted by Gasteiger charge is 2.07. The van der Waals surface area contributed by atoms with Crippen molar-refractivity contribution in [3.63, 3.8) is 0 Å². The van der Waals surface area contributed by atoms with E-state index >= 15 is 0 Å². The van der Waals surface area contributed by atoms with Crippen LogP contribution in [0.3, 0.4) is 0 Å². The summed E-state index contributed by atoms with van der Waals surface area (Å²) in [4.78, 5) is 4.20. The Hall–Kier alpha value is -0.920. The van der Waals surface area contributed by atoms with Crippen molar-refractivity contribution < 1.29 is 0 Å². The Bertz CT molecular complexity index is 422. The van der Waals surface area contributed by atoms with E-state index in [0.29, 0.717) is 6.54 Å². The van der Waals surface area contributed by atoms with Gasteiger partial charge in [-0.3, -0.25) is 0 Å². The summed E-state index contributed by atoms with van der Waals surface area (Å²) in [6.07, 6.45) is 0. The minimum atomic E-state index is 0.417. The Morgan fingerprint density at radius 2 is 2.40 bits per heavy atom. The highest BCUT2D eigenvalue weighted by atomic mass is 32.2. The molecule has 0 radical (unpaired) electrons. The van der Waals surface area contributed by atoms with E-state index in [9.17, 15) is 0 Å². The van der Waals surface area contributed by atoms with Gasteiger partial charge in [-0.25, -0.2) is 4.98 Å². The molecule has 80 valence electrons. The summed E-state index contributed by atoms with van der Waals surface area (Å²) in [6.45, 7) is 0.417. The van der Waals surface area contributed by atoms with Crippen LogP contribution in [0.1, 0.15) is 11.5 Å². The minimum Gasteiger partial charge on any atom is -0.324 e. The highest BCUT2D eigenvalue weighted by Crippen LogP contribution is 2.20. The summed E-state index contributed by atoms with van der Waals surface area (Å²) < 4.78 is 1.91. The number of hydrogen-bond donors (Lipinski definition) is 1. The number of thiazole rings is 1. The summed E-state index contributed by atoms with van der Waals surface area (Å²) in [6, 6.07) is 0. The third-order valence-electron chi connectivity index (χ3n) is 1.94. The van der Waals surface area contributed by atoms with Crippen LogP contribution in [-0.4, -0.2) is 19.7 Å². The second-order valence-corrected chi connectivity index (χ2v) is 4.59. The molecule has 2 heterocycles. The number of hydrogen-bond acceptors (Lipinski definition) is 6. The lowest BCUT2D eigenvalue weighted by molar-refractivity contribution is 0.734. The van der Waals surface area contributed by atoms with Crippen molar-refractivity contribution in [2.45, 2.75) is 17.5 Å². The number of thioether (sulfide) groups is 1. The second kappa shape index (κ2) is 4.73. The Morgan fingerprint density at radius 3 is 3.00 bits per heavy atom. The quantitative estimate of drug-likeness (QED) is 0.809. The lowest BCUT2D eigenvalue weighted by Gasteiger charge is -2.00. The fraction of sp³-hybridized carbons (Fsp3) is 0.375. The molecule has 0 aliphatic carbocycles. The van der Waals surface area contributed by atoms with Gasteiger partial charge in [-0.2, -0.15) is 0 Å². The van der Waals surface area contributed by atoms with E-state index in [0.717, 1.165) is 22.4 Å². The molecule has 0 aromatic carbocycles. The monoisotopic (exact) mass is 241 g/mol. The average molecular weight is 241 g/mol. The van der Waals surface area contributed by atoms with Crippen LogP contribution in [0.15, 0.2) is 16.0 Å². The molecule has 2 aromatic rings. The molecule has 0 saturated carbocycles. The Kier molecular flexibility index (Phi) is 3.34. The summed E-state index contributed by atoms with van der Waals surface area (Å²) in [5, 5.41) is 11.0. The van der Waals surface area contributed by atoms with E-state index in [4.69, 9.17) is 5.73 Å². The molecule has 2 N–H and O–H groups in total. The molecule has 0 atom stereocenters. The summed E-state index contributed by atoms with van der Waals surface area (Å²) in [5.41, 5.74) is 8.41. The van der Waals surface area contributed by atoms with Crippen molar-refractivity contribution in [1.82, 2.24) is 19.7 Å². The van der Waals surface area contributed by atoms with Gasteiger partial charge in [0.2, 0.25) is 0 Å². The maximum atomic E-state index is 5.51. The van der Waals surface area contributed by atoms with E-state index in [2.05, 4.69) is 15.2 Å². The van der Waals surface area contributed by atoms with Crippen LogP contribution in [0, 0.1) is 0 Å². The van der Waals surface area contributed by atoms with E-state index in [1.165, 1.54) is 0 Å². The molecule has 0 aliphatic heterocycles. The van der Waals surface area contributed by atoms with Gasteiger partial charge in [0, 0.05) is 18.2 Å². The standard InChI is InChI=1S/C8H11N5S2/c1-13-7(2-9)11-12-8(13)15-4-6-3-14-5-10-6/h3,5H,2,4,9H2,1H3. The summed E-state index contributed by atoms with van der Waals surface area (Å²) in [5.74, 6) is 1.62. The lowest BCUT2D eigenvalue weighted by atomic mass is 10.6. The van der Waals surface area contributed by atoms with Crippen molar-refractivity contribution in [2.24, 2.45) is 12.8 Å². The molecule has 15 heavy (non-hydrogen) atoms. The molecule has 0 fully saturated rings. The molecule has 0 saturated heterocycles. The molecule has 2 rings (SSSR count). The summed E-state index contributed by atoms with van der Waals surface area (Å²) in [7, 11) is 1.92. The predicted molar refractivity (Wildman–Crippen MR) is 60.6 cm³/mol. The first-order chi connectivity index (χ1) is 7.31. The minimum absolute atomic E-state index is 0.417. The van der Waals surface area contributed by atoms with Gasteiger partial charge in [-0.05, 0) is 0 Å². The maximum absolute atomic E-state index is 5.51. The molecule has 0 unspecified atom stereocenters. The van der Waals surface area contributed by atoms with Crippen molar-refractivity contribution in [3.8, 4) is 0 Å². The molecule has 5 nitrogen and oxygen atoms in total. The molecule has 7 heteroatoms. The van der Waals surface area contributed by atoms with E-state index in [1.54, 1.807) is 23.1 Å². The first-order valence-electron chi connectivity index (χ1n) is 4.39. The topological polar surface area (TPSA) is 69.6 Å². The smallest absolute Gasteiger partial charge is 0.191 e. The number of nitrogens with two attached hydrogens (primary N) is 1. The Labute approximate surface area is 95.7 Å². The van der Waals surface area contributed by atoms with Crippen LogP contribution in [-0.2, 0) is 19.3 Å². The molecule has 0 spiro atoms. The first kappa shape index (κ1) is 10.6. The highest BCUT2D eigenvalue weighted by molar-refractivity contribution is 7.98. The fourth-order valence-electron chi connectivity index (χ4n) is 1.10. The van der Waals surface area contributed by atoms with Crippen LogP contribution in [0.25, 0.3) is 0 Å². The number of aromatic nitrogens is 4. The summed E-state index contributed by atoms with van der Waals surface area (Å²) >= 11 is 3.22. The van der Waals surface area contributed by atoms with Crippen LogP contribution >= 0.6 is 23.1 Å². The van der Waals surface area contributed by atoms with Gasteiger partial charge < -0.3 is 10.3 Å². The van der Waals surface area contributed by atoms with Gasteiger partial charge >= 0.3 is 0 Å². The normalized spacial score (nSPS) is 10.8. The number of rotatable bonds is 4. The van der Waals surface area contributed by atoms with Gasteiger partial charge in [0.1, 0.15) is 5.82 Å². The van der Waals surface area contributed by atoms with Gasteiger partial charge in [0.25, 0.3) is 0 Å². The zero-order valence-electron chi connectivity index (χ0n) is 8.25. The molecule has 0 amide bonds. The largest absolute Gasteiger partial charge is 0.324 e. The van der Waals surface area contributed by atoms with Crippen LogP contribution in [0.2, 0.25) is 0 Å². The Morgan fingerprint density at radius 1 is 1.53 bits per heavy atom. The van der Waals surface area contributed by atoms with Crippen molar-refractivity contribution in [2.75, 3.05) is 0 Å². The fourth-order valence-corrected chi connectivity index (χ4v) is 2.59. The molecule has 0 bridgehead atoms. The molecule has 0 aliphatic rings. The molecular formula is C8H11N5S2. The van der Waals surface area contributed by atoms with E-state index in [1.807, 2.05) is 22.5 Å².